The van der Waals surface area contributed by atoms with Crippen molar-refractivity contribution in [3.8, 4) is 6.07 Å². The van der Waals surface area contributed by atoms with E-state index in [1.807, 2.05) is 26.0 Å². The summed E-state index contributed by atoms with van der Waals surface area (Å²) >= 11 is 3.15. The average Bonchev–Trinajstić information content (AvgIpc) is 2.67. The minimum Gasteiger partial charge on any atom is -0.372 e. The van der Waals surface area contributed by atoms with Crippen LogP contribution in [0.1, 0.15) is 26.3 Å². The molecular weight excluding hydrogens is 440 g/mol. The lowest BCUT2D eigenvalue weighted by atomic mass is 10.1. The quantitative estimate of drug-likeness (QED) is 0.335. The molecular formula is C19H19BrN6O3. The summed E-state index contributed by atoms with van der Waals surface area (Å²) in [7, 11) is 0. The zero-order valence-electron chi connectivity index (χ0n) is 16.1. The summed E-state index contributed by atoms with van der Waals surface area (Å²) in [5.74, 6) is -0.287. The van der Waals surface area contributed by atoms with Crippen LogP contribution in [0.4, 0.5) is 28.4 Å². The van der Waals surface area contributed by atoms with Gasteiger partial charge in [-0.3, -0.25) is 14.9 Å². The van der Waals surface area contributed by atoms with Gasteiger partial charge in [0.15, 0.2) is 5.69 Å². The number of carbonyl (C=O) groups excluding carboxylic acids is 1. The summed E-state index contributed by atoms with van der Waals surface area (Å²) in [4.78, 5) is 24.4. The predicted molar refractivity (Wildman–Crippen MR) is 114 cm³/mol. The number of halogens is 1. The van der Waals surface area contributed by atoms with E-state index in [0.29, 0.717) is 15.8 Å². The van der Waals surface area contributed by atoms with Crippen LogP contribution in [0.15, 0.2) is 45.0 Å². The normalized spacial score (nSPS) is 10.6. The van der Waals surface area contributed by atoms with E-state index in [1.54, 1.807) is 12.1 Å². The van der Waals surface area contributed by atoms with Crippen molar-refractivity contribution >= 4 is 50.3 Å². The summed E-state index contributed by atoms with van der Waals surface area (Å²) in [5, 5.41) is 31.4. The average molecular weight is 459 g/mol. The molecule has 0 saturated carbocycles. The Hall–Kier alpha value is -3.32. The van der Waals surface area contributed by atoms with Crippen molar-refractivity contribution in [2.24, 2.45) is 10.2 Å². The summed E-state index contributed by atoms with van der Waals surface area (Å²) in [6.45, 7) is 6.98. The van der Waals surface area contributed by atoms with Crippen LogP contribution >= 0.6 is 15.9 Å². The van der Waals surface area contributed by atoms with Crippen molar-refractivity contribution in [2.75, 3.05) is 23.3 Å². The Morgan fingerprint density at radius 1 is 1.28 bits per heavy atom. The lowest BCUT2D eigenvalue weighted by molar-refractivity contribution is -0.384. The molecule has 2 aromatic carbocycles. The molecule has 0 spiro atoms. The molecule has 2 rings (SSSR count). The van der Waals surface area contributed by atoms with Gasteiger partial charge in [0.2, 0.25) is 5.91 Å². The molecule has 0 aromatic heterocycles. The Kier molecular flexibility index (Phi) is 7.39. The lowest BCUT2D eigenvalue weighted by Gasteiger charge is -2.22. The molecule has 10 heteroatoms. The summed E-state index contributed by atoms with van der Waals surface area (Å²) < 4.78 is 0.391. The van der Waals surface area contributed by atoms with Crippen LogP contribution in [-0.4, -0.2) is 23.9 Å². The van der Waals surface area contributed by atoms with Crippen LogP contribution in [0.3, 0.4) is 0 Å². The lowest BCUT2D eigenvalue weighted by Crippen LogP contribution is -2.21. The molecule has 0 fully saturated rings. The number of amides is 1. The molecule has 0 heterocycles. The molecule has 0 aliphatic rings. The Labute approximate surface area is 176 Å². The van der Waals surface area contributed by atoms with Gasteiger partial charge in [-0.2, -0.15) is 5.26 Å². The van der Waals surface area contributed by atoms with Gasteiger partial charge < -0.3 is 10.2 Å². The predicted octanol–water partition coefficient (Wildman–Crippen LogP) is 5.45. The second kappa shape index (κ2) is 9.75. The van der Waals surface area contributed by atoms with Gasteiger partial charge in [-0.1, -0.05) is 15.9 Å². The Bertz CT molecular complexity index is 1010. The minimum atomic E-state index is -0.627. The molecule has 0 aliphatic heterocycles. The first-order valence-corrected chi connectivity index (χ1v) is 9.56. The van der Waals surface area contributed by atoms with Crippen LogP contribution in [-0.2, 0) is 4.79 Å². The van der Waals surface area contributed by atoms with E-state index in [4.69, 9.17) is 0 Å². The second-order valence-corrected chi connectivity index (χ2v) is 6.86. The van der Waals surface area contributed by atoms with E-state index >= 15 is 0 Å². The second-order valence-electron chi connectivity index (χ2n) is 5.94. The van der Waals surface area contributed by atoms with Crippen molar-refractivity contribution in [1.82, 2.24) is 0 Å². The van der Waals surface area contributed by atoms with Crippen molar-refractivity contribution in [1.29, 1.82) is 5.26 Å². The van der Waals surface area contributed by atoms with E-state index in [0.717, 1.165) is 18.8 Å². The van der Waals surface area contributed by atoms with Crippen molar-refractivity contribution < 1.29 is 9.72 Å². The van der Waals surface area contributed by atoms with Gasteiger partial charge in [-0.05, 0) is 38.1 Å². The number of nitriles is 1. The first kappa shape index (κ1) is 22.0. The molecule has 29 heavy (non-hydrogen) atoms. The van der Waals surface area contributed by atoms with Crippen LogP contribution in [0.5, 0.6) is 0 Å². The number of hydrogen-bond acceptors (Lipinski definition) is 7. The third-order valence-corrected chi connectivity index (χ3v) is 4.51. The zero-order chi connectivity index (χ0) is 21.6. The fourth-order valence-electron chi connectivity index (χ4n) is 2.70. The number of nitrogens with one attached hydrogen (secondary N) is 1. The minimum absolute atomic E-state index is 0.00987. The number of anilines is 2. The van der Waals surface area contributed by atoms with Crippen LogP contribution in [0.25, 0.3) is 0 Å². The topological polar surface area (TPSA) is 124 Å². The molecule has 150 valence electrons. The highest BCUT2D eigenvalue weighted by Gasteiger charge is 2.20. The summed E-state index contributed by atoms with van der Waals surface area (Å²) in [6.07, 6.45) is 0. The van der Waals surface area contributed by atoms with Gasteiger partial charge in [-0.25, -0.2) is 0 Å². The van der Waals surface area contributed by atoms with Crippen LogP contribution in [0, 0.1) is 21.4 Å². The maximum Gasteiger partial charge on any atom is 0.299 e. The number of nitro benzene ring substituents is 1. The summed E-state index contributed by atoms with van der Waals surface area (Å²) in [6, 6.07) is 9.84. The van der Waals surface area contributed by atoms with E-state index in [9.17, 15) is 20.2 Å². The molecule has 0 atom stereocenters. The standard InChI is InChI=1S/C19H19BrN6O3/c1-4-25(5-2)15-6-7-16(17(10-15)22-12(3)27)23-24-19-13(11-21)8-14(20)9-18(19)26(28)29/h6-10H,4-5H2,1-3H3,(H,22,27). The number of nitro groups is 1. The van der Waals surface area contributed by atoms with Gasteiger partial charge in [0, 0.05) is 36.2 Å². The van der Waals surface area contributed by atoms with Crippen molar-refractivity contribution in [3.05, 3.63) is 50.5 Å². The third kappa shape index (κ3) is 5.36. The first-order valence-electron chi connectivity index (χ1n) is 8.77. The van der Waals surface area contributed by atoms with Gasteiger partial charge in [-0.15, -0.1) is 10.2 Å². The van der Waals surface area contributed by atoms with Crippen LogP contribution < -0.4 is 10.2 Å². The number of hydrogen-bond donors (Lipinski definition) is 1. The summed E-state index contributed by atoms with van der Waals surface area (Å²) in [5.41, 5.74) is 1.14. The third-order valence-electron chi connectivity index (χ3n) is 4.05. The number of carbonyl (C=O) groups is 1. The fourth-order valence-corrected chi connectivity index (χ4v) is 3.15. The highest BCUT2D eigenvalue weighted by Crippen LogP contribution is 2.37. The molecule has 1 amide bonds. The van der Waals surface area contributed by atoms with Crippen molar-refractivity contribution in [3.63, 3.8) is 0 Å². The number of azo groups is 1. The molecule has 0 radical (unpaired) electrons. The van der Waals surface area contributed by atoms with E-state index in [1.165, 1.54) is 19.1 Å². The fraction of sp³-hybridized carbons (Fsp3) is 0.263. The molecule has 0 unspecified atom stereocenters. The molecule has 1 N–H and O–H groups in total. The van der Waals surface area contributed by atoms with Gasteiger partial charge >= 0.3 is 0 Å². The monoisotopic (exact) mass is 458 g/mol. The highest BCUT2D eigenvalue weighted by molar-refractivity contribution is 9.10. The smallest absolute Gasteiger partial charge is 0.299 e. The zero-order valence-corrected chi connectivity index (χ0v) is 17.7. The van der Waals surface area contributed by atoms with Gasteiger partial charge in [0.1, 0.15) is 11.8 Å². The first-order chi connectivity index (χ1) is 13.8. The molecule has 2 aromatic rings. The van der Waals surface area contributed by atoms with Gasteiger partial charge in [0.05, 0.1) is 16.2 Å². The molecule has 9 nitrogen and oxygen atoms in total. The maximum absolute atomic E-state index is 11.6. The van der Waals surface area contributed by atoms with Crippen molar-refractivity contribution in [2.45, 2.75) is 20.8 Å². The highest BCUT2D eigenvalue weighted by atomic mass is 79.9. The van der Waals surface area contributed by atoms with E-state index in [2.05, 4.69) is 36.4 Å². The molecule has 0 bridgehead atoms. The van der Waals surface area contributed by atoms with Gasteiger partial charge in [0.25, 0.3) is 5.69 Å². The number of rotatable bonds is 7. The molecule has 0 saturated heterocycles. The maximum atomic E-state index is 11.6. The number of nitrogens with zero attached hydrogens (tertiary/aromatic N) is 5. The Balaban J connectivity index is 2.56. The number of benzene rings is 2. The Morgan fingerprint density at radius 2 is 1.97 bits per heavy atom. The Morgan fingerprint density at radius 3 is 2.52 bits per heavy atom. The van der Waals surface area contributed by atoms with Crippen LogP contribution in [0.2, 0.25) is 0 Å². The molecule has 0 aliphatic carbocycles. The van der Waals surface area contributed by atoms with E-state index < -0.39 is 4.92 Å². The van der Waals surface area contributed by atoms with E-state index in [-0.39, 0.29) is 22.8 Å². The largest absolute Gasteiger partial charge is 0.372 e. The SMILES string of the molecule is CCN(CC)c1ccc(N=Nc2c(C#N)cc(Br)cc2[N+](=O)[O-])c(NC(C)=O)c1.